The maximum absolute atomic E-state index is 12.5. The van der Waals surface area contributed by atoms with Crippen LogP contribution in [0.3, 0.4) is 0 Å². The molecule has 0 spiro atoms. The van der Waals surface area contributed by atoms with Gasteiger partial charge in [-0.2, -0.15) is 0 Å². The number of allylic oxidation sites excluding steroid dienone is 1. The van der Waals surface area contributed by atoms with E-state index >= 15 is 0 Å². The molecule has 1 heterocycles. The van der Waals surface area contributed by atoms with Crippen LogP contribution in [0.1, 0.15) is 24.0 Å². The highest BCUT2D eigenvalue weighted by Crippen LogP contribution is 2.52. The summed E-state index contributed by atoms with van der Waals surface area (Å²) in [5, 5.41) is 0. The van der Waals surface area contributed by atoms with Crippen molar-refractivity contribution in [3.8, 4) is 5.75 Å². The van der Waals surface area contributed by atoms with E-state index in [0.29, 0.717) is 19.6 Å². The van der Waals surface area contributed by atoms with Crippen molar-refractivity contribution in [3.05, 3.63) is 82.4 Å². The standard InChI is InChI=1S/C24H23BrO3/c1-17-12-20-16-28-23(26)24(20,14-17)15-19-9-10-22(21(25)13-19)27-11-5-8-18-6-3-2-4-7-18/h2-10,13,20H,1,11-12,14-16H2/b8-5+. The van der Waals surface area contributed by atoms with Crippen molar-refractivity contribution < 1.29 is 14.3 Å². The average Bonchev–Trinajstić information content (AvgIpc) is 3.15. The lowest BCUT2D eigenvalue weighted by Gasteiger charge is -2.24. The van der Waals surface area contributed by atoms with E-state index in [1.54, 1.807) is 0 Å². The van der Waals surface area contributed by atoms with Crippen LogP contribution in [0, 0.1) is 11.3 Å². The van der Waals surface area contributed by atoms with Gasteiger partial charge in [0.2, 0.25) is 0 Å². The number of rotatable bonds is 6. The number of hydrogen-bond donors (Lipinski definition) is 0. The van der Waals surface area contributed by atoms with Crippen LogP contribution < -0.4 is 4.74 Å². The van der Waals surface area contributed by atoms with Crippen LogP contribution in [0.5, 0.6) is 5.75 Å². The third-order valence-electron chi connectivity index (χ3n) is 5.66. The molecule has 1 aliphatic heterocycles. The van der Waals surface area contributed by atoms with Gasteiger partial charge in [-0.05, 0) is 64.5 Å². The van der Waals surface area contributed by atoms with Gasteiger partial charge in [-0.15, -0.1) is 0 Å². The van der Waals surface area contributed by atoms with E-state index in [9.17, 15) is 4.79 Å². The molecule has 2 fully saturated rings. The van der Waals surface area contributed by atoms with Crippen molar-refractivity contribution >= 4 is 28.0 Å². The summed E-state index contributed by atoms with van der Waals surface area (Å²) in [6.45, 7) is 5.12. The second kappa shape index (κ2) is 7.96. The third kappa shape index (κ3) is 3.79. The van der Waals surface area contributed by atoms with Gasteiger partial charge in [-0.3, -0.25) is 4.79 Å². The third-order valence-corrected chi connectivity index (χ3v) is 6.28. The lowest BCUT2D eigenvalue weighted by atomic mass is 9.75. The maximum atomic E-state index is 12.5. The Bertz CT molecular complexity index is 919. The molecule has 2 aromatic rings. The van der Waals surface area contributed by atoms with Gasteiger partial charge in [0, 0.05) is 5.92 Å². The molecule has 2 aliphatic rings. The van der Waals surface area contributed by atoms with Crippen molar-refractivity contribution in [2.75, 3.05) is 13.2 Å². The van der Waals surface area contributed by atoms with Gasteiger partial charge in [0.1, 0.15) is 12.4 Å². The number of carbonyl (C=O) groups excluding carboxylic acids is 1. The quantitative estimate of drug-likeness (QED) is 0.435. The van der Waals surface area contributed by atoms with Crippen molar-refractivity contribution in [3.63, 3.8) is 0 Å². The molecule has 0 amide bonds. The molecule has 3 nitrogen and oxygen atoms in total. The summed E-state index contributed by atoms with van der Waals surface area (Å²) in [5.74, 6) is 0.976. The van der Waals surface area contributed by atoms with Crippen molar-refractivity contribution in [1.29, 1.82) is 0 Å². The summed E-state index contributed by atoms with van der Waals surface area (Å²) in [4.78, 5) is 12.5. The van der Waals surface area contributed by atoms with Gasteiger partial charge in [-0.25, -0.2) is 0 Å². The fourth-order valence-corrected chi connectivity index (χ4v) is 4.83. The second-order valence-corrected chi connectivity index (χ2v) is 8.50. The van der Waals surface area contributed by atoms with Gasteiger partial charge < -0.3 is 9.47 Å². The number of halogens is 1. The van der Waals surface area contributed by atoms with Gasteiger partial charge >= 0.3 is 5.97 Å². The Hall–Kier alpha value is -2.33. The fourth-order valence-electron chi connectivity index (χ4n) is 4.28. The van der Waals surface area contributed by atoms with Crippen LogP contribution in [-0.2, 0) is 16.0 Å². The molecule has 2 unspecified atom stereocenters. The monoisotopic (exact) mass is 438 g/mol. The molecule has 144 valence electrons. The number of hydrogen-bond acceptors (Lipinski definition) is 3. The maximum Gasteiger partial charge on any atom is 0.313 e. The van der Waals surface area contributed by atoms with Gasteiger partial charge in [0.05, 0.1) is 16.5 Å². The Kier molecular flexibility index (Phi) is 5.40. The lowest BCUT2D eigenvalue weighted by Crippen LogP contribution is -2.31. The first kappa shape index (κ1) is 19.0. The van der Waals surface area contributed by atoms with E-state index in [1.165, 1.54) is 0 Å². The highest BCUT2D eigenvalue weighted by atomic mass is 79.9. The summed E-state index contributed by atoms with van der Waals surface area (Å²) in [7, 11) is 0. The van der Waals surface area contributed by atoms with E-state index in [2.05, 4.69) is 40.7 Å². The minimum atomic E-state index is -0.433. The minimum Gasteiger partial charge on any atom is -0.488 e. The first-order valence-corrected chi connectivity index (χ1v) is 10.3. The minimum absolute atomic E-state index is 0.0707. The topological polar surface area (TPSA) is 35.5 Å². The van der Waals surface area contributed by atoms with Gasteiger partial charge in [-0.1, -0.05) is 54.6 Å². The molecule has 2 atom stereocenters. The smallest absolute Gasteiger partial charge is 0.313 e. The van der Waals surface area contributed by atoms with Crippen LogP contribution >= 0.6 is 15.9 Å². The molecule has 4 heteroatoms. The number of ether oxygens (including phenoxy) is 2. The first-order valence-electron chi connectivity index (χ1n) is 9.53. The fraction of sp³-hybridized carbons (Fsp3) is 0.292. The average molecular weight is 439 g/mol. The Labute approximate surface area is 174 Å². The summed E-state index contributed by atoms with van der Waals surface area (Å²) in [6, 6.07) is 16.2. The molecular formula is C24H23BrO3. The molecule has 2 aromatic carbocycles. The van der Waals surface area contributed by atoms with Gasteiger partial charge in [0.25, 0.3) is 0 Å². The summed E-state index contributed by atoms with van der Waals surface area (Å²) in [6.07, 6.45) is 6.35. The van der Waals surface area contributed by atoms with E-state index in [-0.39, 0.29) is 11.9 Å². The Balaban J connectivity index is 1.41. The zero-order valence-corrected chi connectivity index (χ0v) is 17.3. The molecule has 1 aliphatic carbocycles. The molecule has 4 rings (SSSR count). The normalized spacial score (nSPS) is 23.8. The molecule has 28 heavy (non-hydrogen) atoms. The number of benzene rings is 2. The highest BCUT2D eigenvalue weighted by Gasteiger charge is 2.55. The molecule has 0 N–H and O–H groups in total. The lowest BCUT2D eigenvalue weighted by molar-refractivity contribution is -0.146. The summed E-state index contributed by atoms with van der Waals surface area (Å²) < 4.78 is 12.1. The number of cyclic esters (lactones) is 1. The number of carbonyl (C=O) groups is 1. The summed E-state index contributed by atoms with van der Waals surface area (Å²) >= 11 is 3.61. The van der Waals surface area contributed by atoms with Crippen LogP contribution in [0.2, 0.25) is 0 Å². The zero-order valence-electron chi connectivity index (χ0n) is 15.7. The highest BCUT2D eigenvalue weighted by molar-refractivity contribution is 9.10. The number of esters is 1. The van der Waals surface area contributed by atoms with Gasteiger partial charge in [0.15, 0.2) is 0 Å². The SMILES string of the molecule is C=C1CC2COC(=O)C2(Cc2ccc(OC/C=C/c3ccccc3)c(Br)c2)C1. The Morgan fingerprint density at radius 3 is 2.86 bits per heavy atom. The van der Waals surface area contributed by atoms with Crippen LogP contribution in [0.25, 0.3) is 6.08 Å². The van der Waals surface area contributed by atoms with Crippen molar-refractivity contribution in [2.24, 2.45) is 11.3 Å². The number of fused-ring (bicyclic) bond motifs is 1. The molecule has 0 aromatic heterocycles. The zero-order chi connectivity index (χ0) is 19.6. The predicted octanol–water partition coefficient (Wildman–Crippen LogP) is 5.59. The Morgan fingerprint density at radius 1 is 1.25 bits per heavy atom. The second-order valence-electron chi connectivity index (χ2n) is 7.65. The van der Waals surface area contributed by atoms with E-state index in [0.717, 1.165) is 39.8 Å². The van der Waals surface area contributed by atoms with Crippen LogP contribution in [0.15, 0.2) is 71.2 Å². The van der Waals surface area contributed by atoms with Crippen LogP contribution in [-0.4, -0.2) is 19.2 Å². The van der Waals surface area contributed by atoms with Crippen molar-refractivity contribution in [1.82, 2.24) is 0 Å². The summed E-state index contributed by atoms with van der Waals surface area (Å²) in [5.41, 5.74) is 2.98. The molecular weight excluding hydrogens is 416 g/mol. The van der Waals surface area contributed by atoms with E-state index in [1.807, 2.05) is 42.5 Å². The Morgan fingerprint density at radius 2 is 2.07 bits per heavy atom. The largest absolute Gasteiger partial charge is 0.488 e. The van der Waals surface area contributed by atoms with Crippen molar-refractivity contribution in [2.45, 2.75) is 19.3 Å². The molecule has 1 saturated carbocycles. The molecule has 0 bridgehead atoms. The van der Waals surface area contributed by atoms with E-state index in [4.69, 9.17) is 9.47 Å². The molecule has 0 radical (unpaired) electrons. The first-order chi connectivity index (χ1) is 13.6. The predicted molar refractivity (Wildman–Crippen MR) is 114 cm³/mol. The molecule has 1 saturated heterocycles. The van der Waals surface area contributed by atoms with E-state index < -0.39 is 5.41 Å². The van der Waals surface area contributed by atoms with Crippen LogP contribution in [0.4, 0.5) is 0 Å².